The van der Waals surface area contributed by atoms with E-state index in [0.717, 1.165) is 30.9 Å². The molecule has 0 bridgehead atoms. The minimum absolute atomic E-state index is 0.0197. The van der Waals surface area contributed by atoms with Gasteiger partial charge in [0.25, 0.3) is 0 Å². The number of likely N-dealkylation sites (tertiary alicyclic amines) is 1. The van der Waals surface area contributed by atoms with Gasteiger partial charge in [0.15, 0.2) is 4.96 Å². The number of imidazole rings is 1. The molecule has 21 heavy (non-hydrogen) atoms. The Bertz CT molecular complexity index is 672. The van der Waals surface area contributed by atoms with E-state index in [2.05, 4.69) is 26.2 Å². The Balaban J connectivity index is 1.65. The molecule has 1 amide bonds. The molecule has 112 valence electrons. The van der Waals surface area contributed by atoms with Gasteiger partial charge in [0.05, 0.1) is 17.4 Å². The average molecular weight is 304 g/mol. The Morgan fingerprint density at radius 3 is 3.10 bits per heavy atom. The molecule has 2 fully saturated rings. The van der Waals surface area contributed by atoms with Crippen LogP contribution in [0, 0.1) is 0 Å². The van der Waals surface area contributed by atoms with Gasteiger partial charge in [-0.3, -0.25) is 14.1 Å². The summed E-state index contributed by atoms with van der Waals surface area (Å²) in [7, 11) is 1.73. The van der Waals surface area contributed by atoms with Gasteiger partial charge in [0.2, 0.25) is 5.91 Å². The van der Waals surface area contributed by atoms with Crippen molar-refractivity contribution in [3.63, 3.8) is 0 Å². The second-order valence-corrected chi connectivity index (χ2v) is 6.89. The van der Waals surface area contributed by atoms with Crippen molar-refractivity contribution in [2.75, 3.05) is 13.6 Å². The van der Waals surface area contributed by atoms with Gasteiger partial charge >= 0.3 is 0 Å². The van der Waals surface area contributed by atoms with Crippen molar-refractivity contribution in [1.29, 1.82) is 0 Å². The first-order valence-electron chi connectivity index (χ1n) is 7.68. The first-order valence-corrected chi connectivity index (χ1v) is 8.56. The number of amides is 1. The van der Waals surface area contributed by atoms with Crippen LogP contribution in [0.5, 0.6) is 0 Å². The normalized spacial score (nSPS) is 23.0. The molecule has 0 unspecified atom stereocenters. The molecule has 4 rings (SSSR count). The van der Waals surface area contributed by atoms with Gasteiger partial charge in [-0.15, -0.1) is 11.3 Å². The van der Waals surface area contributed by atoms with Gasteiger partial charge in [-0.2, -0.15) is 0 Å². The van der Waals surface area contributed by atoms with E-state index >= 15 is 0 Å². The fraction of sp³-hybridized carbons (Fsp3) is 0.600. The van der Waals surface area contributed by atoms with Crippen molar-refractivity contribution < 1.29 is 4.79 Å². The quantitative estimate of drug-likeness (QED) is 0.940. The van der Waals surface area contributed by atoms with E-state index in [4.69, 9.17) is 4.98 Å². The van der Waals surface area contributed by atoms with E-state index in [-0.39, 0.29) is 11.9 Å². The van der Waals surface area contributed by atoms with E-state index in [1.54, 1.807) is 18.4 Å². The molecule has 0 aromatic carbocycles. The third-order valence-electron chi connectivity index (χ3n) is 4.62. The molecule has 1 atom stereocenters. The monoisotopic (exact) mass is 304 g/mol. The van der Waals surface area contributed by atoms with Crippen LogP contribution >= 0.6 is 11.3 Å². The standard InChI is InChI=1S/C15H20N4OS/c1-16-14(20)11-3-2-6-18(11)9-12-13(10-4-5-10)17-15-19(12)7-8-21-15/h7-8,10-11H,2-6,9H2,1H3,(H,16,20)/t11-/m0/s1. The average Bonchev–Trinajstić information content (AvgIpc) is 2.93. The van der Waals surface area contributed by atoms with Gasteiger partial charge in [0.1, 0.15) is 0 Å². The van der Waals surface area contributed by atoms with Crippen molar-refractivity contribution >= 4 is 22.2 Å². The number of hydrogen-bond acceptors (Lipinski definition) is 4. The number of likely N-dealkylation sites (N-methyl/N-ethyl adjacent to an activating group) is 1. The maximum absolute atomic E-state index is 12.0. The lowest BCUT2D eigenvalue weighted by Crippen LogP contribution is -2.41. The summed E-state index contributed by atoms with van der Waals surface area (Å²) < 4.78 is 2.22. The maximum Gasteiger partial charge on any atom is 0.237 e. The van der Waals surface area contributed by atoms with Crippen LogP contribution in [0.3, 0.4) is 0 Å². The molecule has 3 heterocycles. The highest BCUT2D eigenvalue weighted by Crippen LogP contribution is 2.42. The summed E-state index contributed by atoms with van der Waals surface area (Å²) in [6, 6.07) is 0.0197. The SMILES string of the molecule is CNC(=O)[C@@H]1CCCN1Cc1c(C2CC2)nc2sccn12. The van der Waals surface area contributed by atoms with E-state index in [1.807, 2.05) is 0 Å². The Labute approximate surface area is 128 Å². The van der Waals surface area contributed by atoms with Gasteiger partial charge in [0, 0.05) is 31.1 Å². The molecule has 1 saturated carbocycles. The van der Waals surface area contributed by atoms with Crippen molar-refractivity contribution in [2.24, 2.45) is 0 Å². The highest BCUT2D eigenvalue weighted by molar-refractivity contribution is 7.15. The largest absolute Gasteiger partial charge is 0.358 e. The lowest BCUT2D eigenvalue weighted by molar-refractivity contribution is -0.125. The molecule has 5 nitrogen and oxygen atoms in total. The first-order chi connectivity index (χ1) is 10.3. The van der Waals surface area contributed by atoms with Crippen LogP contribution in [0.15, 0.2) is 11.6 Å². The molecule has 2 aromatic heterocycles. The fourth-order valence-electron chi connectivity index (χ4n) is 3.36. The smallest absolute Gasteiger partial charge is 0.237 e. The number of fused-ring (bicyclic) bond motifs is 1. The van der Waals surface area contributed by atoms with E-state index in [1.165, 1.54) is 24.2 Å². The van der Waals surface area contributed by atoms with Gasteiger partial charge in [-0.1, -0.05) is 0 Å². The van der Waals surface area contributed by atoms with Gasteiger partial charge < -0.3 is 5.32 Å². The third-order valence-corrected chi connectivity index (χ3v) is 5.38. The molecule has 1 saturated heterocycles. The van der Waals surface area contributed by atoms with Crippen LogP contribution in [0.1, 0.15) is 43.0 Å². The maximum atomic E-state index is 12.0. The van der Waals surface area contributed by atoms with E-state index in [0.29, 0.717) is 5.92 Å². The number of carbonyl (C=O) groups excluding carboxylic acids is 1. The van der Waals surface area contributed by atoms with Crippen molar-refractivity contribution in [1.82, 2.24) is 19.6 Å². The molecule has 6 heteroatoms. The number of carbonyl (C=O) groups is 1. The Morgan fingerprint density at radius 2 is 2.33 bits per heavy atom. The summed E-state index contributed by atoms with van der Waals surface area (Å²) in [6.45, 7) is 1.83. The Hall–Kier alpha value is -1.40. The molecule has 1 aliphatic heterocycles. The summed E-state index contributed by atoms with van der Waals surface area (Å²) in [5.74, 6) is 0.791. The van der Waals surface area contributed by atoms with Gasteiger partial charge in [-0.25, -0.2) is 4.98 Å². The first kappa shape index (κ1) is 13.3. The van der Waals surface area contributed by atoms with Crippen molar-refractivity contribution in [3.05, 3.63) is 23.0 Å². The third kappa shape index (κ3) is 2.26. The van der Waals surface area contributed by atoms with Crippen LogP contribution in [0.2, 0.25) is 0 Å². The van der Waals surface area contributed by atoms with Crippen LogP contribution in [0.4, 0.5) is 0 Å². The second-order valence-electron chi connectivity index (χ2n) is 6.02. The number of hydrogen-bond donors (Lipinski definition) is 1. The zero-order valence-corrected chi connectivity index (χ0v) is 13.0. The Kier molecular flexibility index (Phi) is 3.23. The van der Waals surface area contributed by atoms with Crippen molar-refractivity contribution in [2.45, 2.75) is 44.2 Å². The molecule has 1 aliphatic carbocycles. The molecular weight excluding hydrogens is 284 g/mol. The number of rotatable bonds is 4. The summed E-state index contributed by atoms with van der Waals surface area (Å²) in [4.78, 5) is 20.2. The van der Waals surface area contributed by atoms with Crippen LogP contribution in [0.25, 0.3) is 4.96 Å². The van der Waals surface area contributed by atoms with Crippen LogP contribution in [-0.2, 0) is 11.3 Å². The second kappa shape index (κ2) is 5.10. The summed E-state index contributed by atoms with van der Waals surface area (Å²) in [5.41, 5.74) is 2.56. The highest BCUT2D eigenvalue weighted by Gasteiger charge is 2.34. The molecular formula is C15H20N4OS. The molecule has 1 N–H and O–H groups in total. The zero-order valence-electron chi connectivity index (χ0n) is 12.2. The predicted molar refractivity (Wildman–Crippen MR) is 82.5 cm³/mol. The lowest BCUT2D eigenvalue weighted by Gasteiger charge is -2.23. The summed E-state index contributed by atoms with van der Waals surface area (Å²) in [5, 5.41) is 4.88. The highest BCUT2D eigenvalue weighted by atomic mass is 32.1. The zero-order chi connectivity index (χ0) is 14.4. The summed E-state index contributed by atoms with van der Waals surface area (Å²) >= 11 is 1.69. The predicted octanol–water partition coefficient (Wildman–Crippen LogP) is 1.98. The fourth-order valence-corrected chi connectivity index (χ4v) is 4.10. The molecule has 0 spiro atoms. The van der Waals surface area contributed by atoms with E-state index in [9.17, 15) is 4.79 Å². The topological polar surface area (TPSA) is 49.6 Å². The van der Waals surface area contributed by atoms with Crippen LogP contribution in [-0.4, -0.2) is 39.8 Å². The number of thiazole rings is 1. The Morgan fingerprint density at radius 1 is 1.48 bits per heavy atom. The van der Waals surface area contributed by atoms with Crippen molar-refractivity contribution in [3.8, 4) is 0 Å². The van der Waals surface area contributed by atoms with Gasteiger partial charge in [-0.05, 0) is 32.2 Å². The minimum atomic E-state index is 0.0197. The molecule has 2 aliphatic rings. The lowest BCUT2D eigenvalue weighted by atomic mass is 10.2. The van der Waals surface area contributed by atoms with Crippen LogP contribution < -0.4 is 5.32 Å². The van der Waals surface area contributed by atoms with E-state index < -0.39 is 0 Å². The number of aromatic nitrogens is 2. The summed E-state index contributed by atoms with van der Waals surface area (Å²) in [6.07, 6.45) is 6.69. The number of nitrogens with one attached hydrogen (secondary N) is 1. The minimum Gasteiger partial charge on any atom is -0.358 e. The molecule has 0 radical (unpaired) electrons. The molecule has 2 aromatic rings. The number of nitrogens with zero attached hydrogens (tertiary/aromatic N) is 3.